The van der Waals surface area contributed by atoms with Crippen molar-refractivity contribution in [2.75, 3.05) is 6.79 Å². The summed E-state index contributed by atoms with van der Waals surface area (Å²) < 4.78 is 15.7. The molecule has 0 N–H and O–H groups in total. The summed E-state index contributed by atoms with van der Waals surface area (Å²) >= 11 is 0. The molecular formula is C12H10O4. The Bertz CT molecular complexity index is 612. The van der Waals surface area contributed by atoms with Crippen LogP contribution in [0.25, 0.3) is 11.0 Å². The number of hydrogen-bond acceptors (Lipinski definition) is 4. The number of aryl methyl sites for hydroxylation is 1. The quantitative estimate of drug-likeness (QED) is 0.687. The second-order valence-electron chi connectivity index (χ2n) is 3.65. The van der Waals surface area contributed by atoms with Crippen molar-refractivity contribution in [2.24, 2.45) is 0 Å². The predicted molar refractivity (Wildman–Crippen MR) is 58.0 cm³/mol. The maximum absolute atomic E-state index is 11.3. The Morgan fingerprint density at radius 2 is 1.94 bits per heavy atom. The molecule has 0 amide bonds. The molecule has 1 aromatic heterocycles. The van der Waals surface area contributed by atoms with E-state index < -0.39 is 0 Å². The summed E-state index contributed by atoms with van der Waals surface area (Å²) in [5.74, 6) is 1.33. The zero-order valence-corrected chi connectivity index (χ0v) is 8.78. The number of ether oxygens (including phenoxy) is 2. The van der Waals surface area contributed by atoms with Crippen LogP contribution in [0.15, 0.2) is 27.4 Å². The summed E-state index contributed by atoms with van der Waals surface area (Å²) in [6.07, 6.45) is 0.780. The first-order valence-corrected chi connectivity index (χ1v) is 5.14. The van der Waals surface area contributed by atoms with Gasteiger partial charge < -0.3 is 13.9 Å². The molecule has 0 atom stereocenters. The molecule has 0 radical (unpaired) electrons. The molecule has 0 aliphatic carbocycles. The van der Waals surface area contributed by atoms with Gasteiger partial charge in [-0.25, -0.2) is 4.79 Å². The predicted octanol–water partition coefficient (Wildman–Crippen LogP) is 2.08. The van der Waals surface area contributed by atoms with Gasteiger partial charge in [0.1, 0.15) is 5.58 Å². The van der Waals surface area contributed by atoms with Crippen molar-refractivity contribution in [3.05, 3.63) is 34.2 Å². The van der Waals surface area contributed by atoms with E-state index >= 15 is 0 Å². The molecule has 16 heavy (non-hydrogen) atoms. The summed E-state index contributed by atoms with van der Waals surface area (Å²) in [6.45, 7) is 2.22. The van der Waals surface area contributed by atoms with Crippen molar-refractivity contribution < 1.29 is 13.9 Å². The monoisotopic (exact) mass is 218 g/mol. The highest BCUT2D eigenvalue weighted by atomic mass is 16.7. The van der Waals surface area contributed by atoms with Gasteiger partial charge in [0.2, 0.25) is 6.79 Å². The van der Waals surface area contributed by atoms with E-state index in [9.17, 15) is 4.79 Å². The van der Waals surface area contributed by atoms with Crippen molar-refractivity contribution in [2.45, 2.75) is 13.3 Å². The molecule has 0 saturated carbocycles. The largest absolute Gasteiger partial charge is 0.454 e. The van der Waals surface area contributed by atoms with Crippen LogP contribution in [0.3, 0.4) is 0 Å². The van der Waals surface area contributed by atoms with Gasteiger partial charge in [-0.2, -0.15) is 0 Å². The van der Waals surface area contributed by atoms with Crippen LogP contribution in [0.2, 0.25) is 0 Å². The zero-order valence-electron chi connectivity index (χ0n) is 8.78. The lowest BCUT2D eigenvalue weighted by atomic mass is 10.1. The molecule has 2 heterocycles. The van der Waals surface area contributed by atoms with Gasteiger partial charge >= 0.3 is 5.63 Å². The molecule has 0 unspecified atom stereocenters. The van der Waals surface area contributed by atoms with Gasteiger partial charge in [-0.15, -0.1) is 0 Å². The minimum Gasteiger partial charge on any atom is -0.454 e. The number of hydrogen-bond donors (Lipinski definition) is 0. The van der Waals surface area contributed by atoms with Crippen LogP contribution >= 0.6 is 0 Å². The van der Waals surface area contributed by atoms with Crippen molar-refractivity contribution in [3.8, 4) is 11.5 Å². The highest BCUT2D eigenvalue weighted by molar-refractivity contribution is 5.84. The van der Waals surface area contributed by atoms with Crippen LogP contribution in [0.4, 0.5) is 0 Å². The van der Waals surface area contributed by atoms with E-state index in [2.05, 4.69) is 0 Å². The normalized spacial score (nSPS) is 13.3. The fourth-order valence-corrected chi connectivity index (χ4v) is 1.91. The van der Waals surface area contributed by atoms with Crippen LogP contribution in [-0.4, -0.2) is 6.79 Å². The Morgan fingerprint density at radius 3 is 2.69 bits per heavy atom. The van der Waals surface area contributed by atoms with Crippen LogP contribution in [0.1, 0.15) is 12.5 Å². The SMILES string of the molecule is CCc1cc(=O)oc2cc3c(cc12)OCO3. The van der Waals surface area contributed by atoms with E-state index in [0.29, 0.717) is 17.1 Å². The van der Waals surface area contributed by atoms with E-state index in [4.69, 9.17) is 13.9 Å². The van der Waals surface area contributed by atoms with Crippen LogP contribution in [0.5, 0.6) is 11.5 Å². The molecule has 0 saturated heterocycles. The lowest BCUT2D eigenvalue weighted by molar-refractivity contribution is 0.174. The number of rotatable bonds is 1. The molecule has 0 fully saturated rings. The number of benzene rings is 1. The molecule has 82 valence electrons. The third kappa shape index (κ3) is 1.26. The third-order valence-corrected chi connectivity index (χ3v) is 2.70. The molecular weight excluding hydrogens is 208 g/mol. The highest BCUT2D eigenvalue weighted by Gasteiger charge is 2.16. The van der Waals surface area contributed by atoms with Crippen LogP contribution < -0.4 is 15.1 Å². The molecule has 3 rings (SSSR count). The molecule has 4 nitrogen and oxygen atoms in total. The van der Waals surface area contributed by atoms with Gasteiger partial charge in [0.25, 0.3) is 0 Å². The van der Waals surface area contributed by atoms with Gasteiger partial charge in [0.05, 0.1) is 0 Å². The molecule has 2 aromatic rings. The average molecular weight is 218 g/mol. The van der Waals surface area contributed by atoms with Gasteiger partial charge in [-0.1, -0.05) is 6.92 Å². The van der Waals surface area contributed by atoms with Crippen LogP contribution in [-0.2, 0) is 6.42 Å². The van der Waals surface area contributed by atoms with E-state index in [0.717, 1.165) is 17.4 Å². The van der Waals surface area contributed by atoms with Gasteiger partial charge in [-0.3, -0.25) is 0 Å². The fraction of sp³-hybridized carbons (Fsp3) is 0.250. The summed E-state index contributed by atoms with van der Waals surface area (Å²) in [6, 6.07) is 5.09. The molecule has 1 aromatic carbocycles. The third-order valence-electron chi connectivity index (χ3n) is 2.70. The topological polar surface area (TPSA) is 48.7 Å². The van der Waals surface area contributed by atoms with Gasteiger partial charge in [0, 0.05) is 17.5 Å². The van der Waals surface area contributed by atoms with Crippen molar-refractivity contribution in [3.63, 3.8) is 0 Å². The Morgan fingerprint density at radius 1 is 1.19 bits per heavy atom. The van der Waals surface area contributed by atoms with E-state index in [1.165, 1.54) is 6.07 Å². The fourth-order valence-electron chi connectivity index (χ4n) is 1.91. The summed E-state index contributed by atoms with van der Waals surface area (Å²) in [5, 5.41) is 0.909. The molecule has 1 aliphatic heterocycles. The van der Waals surface area contributed by atoms with Gasteiger partial charge in [0.15, 0.2) is 11.5 Å². The average Bonchev–Trinajstić information content (AvgIpc) is 2.72. The summed E-state index contributed by atoms with van der Waals surface area (Å²) in [5.41, 5.74) is 1.18. The van der Waals surface area contributed by atoms with Crippen molar-refractivity contribution >= 4 is 11.0 Å². The Balaban J connectivity index is 2.39. The van der Waals surface area contributed by atoms with Crippen LogP contribution in [0, 0.1) is 0 Å². The summed E-state index contributed by atoms with van der Waals surface area (Å²) in [4.78, 5) is 11.3. The molecule has 0 bridgehead atoms. The first-order valence-electron chi connectivity index (χ1n) is 5.14. The van der Waals surface area contributed by atoms with Gasteiger partial charge in [-0.05, 0) is 18.1 Å². The standard InChI is InChI=1S/C12H10O4/c1-2-7-3-12(13)16-9-5-11-10(4-8(7)9)14-6-15-11/h3-5H,2,6H2,1H3. The first-order chi connectivity index (χ1) is 7.78. The minimum atomic E-state index is -0.330. The number of fused-ring (bicyclic) bond motifs is 2. The smallest absolute Gasteiger partial charge is 0.336 e. The van der Waals surface area contributed by atoms with E-state index in [1.807, 2.05) is 13.0 Å². The zero-order chi connectivity index (χ0) is 11.1. The van der Waals surface area contributed by atoms with E-state index in [-0.39, 0.29) is 12.4 Å². The van der Waals surface area contributed by atoms with Crippen molar-refractivity contribution in [1.29, 1.82) is 0 Å². The maximum atomic E-state index is 11.3. The minimum absolute atomic E-state index is 0.220. The maximum Gasteiger partial charge on any atom is 0.336 e. The molecule has 0 spiro atoms. The lowest BCUT2D eigenvalue weighted by Crippen LogP contribution is -1.99. The highest BCUT2D eigenvalue weighted by Crippen LogP contribution is 2.36. The molecule has 1 aliphatic rings. The second kappa shape index (κ2) is 3.27. The first kappa shape index (κ1) is 9.27. The second-order valence-corrected chi connectivity index (χ2v) is 3.65. The Hall–Kier alpha value is -1.97. The van der Waals surface area contributed by atoms with Crippen molar-refractivity contribution in [1.82, 2.24) is 0 Å². The summed E-state index contributed by atoms with van der Waals surface area (Å²) in [7, 11) is 0. The Kier molecular flexibility index (Phi) is 1.89. The molecule has 4 heteroatoms. The lowest BCUT2D eigenvalue weighted by Gasteiger charge is -2.03. The van der Waals surface area contributed by atoms with E-state index in [1.54, 1.807) is 6.07 Å². The Labute approximate surface area is 91.4 Å².